The highest BCUT2D eigenvalue weighted by Crippen LogP contribution is 2.29. The Balaban J connectivity index is 1.76. The molecule has 4 rings (SSSR count). The van der Waals surface area contributed by atoms with Crippen LogP contribution in [-0.4, -0.2) is 21.5 Å². The standard InChI is InChI=1S/C15H16N4/c1-2-5-12-10(4-1)11(8-17-12)14-9-18-15(19-14)13-6-3-7-16-13/h1-2,4-5,8-9,13,16-17H,3,6-7H2,(H,18,19). The number of rotatable bonds is 2. The Bertz CT molecular complexity index is 704. The third kappa shape index (κ3) is 1.76. The molecule has 0 amide bonds. The Morgan fingerprint density at radius 1 is 1.21 bits per heavy atom. The molecular formula is C15H16N4. The Morgan fingerprint density at radius 2 is 2.16 bits per heavy atom. The van der Waals surface area contributed by atoms with Crippen LogP contribution in [0.5, 0.6) is 0 Å². The number of para-hydroxylation sites is 1. The molecule has 0 spiro atoms. The first-order valence-electron chi connectivity index (χ1n) is 6.76. The fraction of sp³-hybridized carbons (Fsp3) is 0.267. The lowest BCUT2D eigenvalue weighted by Crippen LogP contribution is -2.14. The normalized spacial score (nSPS) is 19.3. The highest BCUT2D eigenvalue weighted by Gasteiger charge is 2.19. The van der Waals surface area contributed by atoms with Crippen LogP contribution in [0, 0.1) is 0 Å². The minimum absolute atomic E-state index is 0.388. The van der Waals surface area contributed by atoms with E-state index in [1.54, 1.807) is 0 Å². The molecule has 1 unspecified atom stereocenters. The van der Waals surface area contributed by atoms with Crippen molar-refractivity contribution in [3.05, 3.63) is 42.5 Å². The van der Waals surface area contributed by atoms with Gasteiger partial charge in [-0.15, -0.1) is 0 Å². The topological polar surface area (TPSA) is 56.5 Å². The van der Waals surface area contributed by atoms with Crippen LogP contribution in [0.25, 0.3) is 22.2 Å². The zero-order chi connectivity index (χ0) is 12.7. The smallest absolute Gasteiger partial charge is 0.123 e. The molecule has 3 aromatic rings. The van der Waals surface area contributed by atoms with Crippen molar-refractivity contribution in [3.63, 3.8) is 0 Å². The summed E-state index contributed by atoms with van der Waals surface area (Å²) in [6, 6.07) is 8.72. The summed E-state index contributed by atoms with van der Waals surface area (Å²) >= 11 is 0. The summed E-state index contributed by atoms with van der Waals surface area (Å²) < 4.78 is 0. The molecule has 0 bridgehead atoms. The molecule has 2 aromatic heterocycles. The van der Waals surface area contributed by atoms with E-state index < -0.39 is 0 Å². The Hall–Kier alpha value is -2.07. The van der Waals surface area contributed by atoms with Crippen LogP contribution in [0.2, 0.25) is 0 Å². The average Bonchev–Trinajstić information content (AvgIpc) is 3.18. The number of imidazole rings is 1. The third-order valence-electron chi connectivity index (χ3n) is 3.87. The molecule has 96 valence electrons. The maximum Gasteiger partial charge on any atom is 0.123 e. The van der Waals surface area contributed by atoms with Crippen LogP contribution in [-0.2, 0) is 0 Å². The molecule has 4 nitrogen and oxygen atoms in total. The molecule has 4 heteroatoms. The second-order valence-corrected chi connectivity index (χ2v) is 5.08. The number of hydrogen-bond acceptors (Lipinski definition) is 2. The van der Waals surface area contributed by atoms with Gasteiger partial charge in [-0.3, -0.25) is 0 Å². The van der Waals surface area contributed by atoms with Gasteiger partial charge in [0.25, 0.3) is 0 Å². The van der Waals surface area contributed by atoms with Gasteiger partial charge in [0.05, 0.1) is 17.9 Å². The van der Waals surface area contributed by atoms with Crippen molar-refractivity contribution in [2.45, 2.75) is 18.9 Å². The fourth-order valence-corrected chi connectivity index (χ4v) is 2.86. The summed E-state index contributed by atoms with van der Waals surface area (Å²) in [6.45, 7) is 1.09. The van der Waals surface area contributed by atoms with E-state index in [0.717, 1.165) is 23.6 Å². The minimum Gasteiger partial charge on any atom is -0.360 e. The Labute approximate surface area is 111 Å². The van der Waals surface area contributed by atoms with Gasteiger partial charge in [-0.25, -0.2) is 4.98 Å². The van der Waals surface area contributed by atoms with Crippen LogP contribution in [0.4, 0.5) is 0 Å². The zero-order valence-electron chi connectivity index (χ0n) is 10.6. The van der Waals surface area contributed by atoms with Gasteiger partial charge in [-0.2, -0.15) is 0 Å². The van der Waals surface area contributed by atoms with E-state index in [-0.39, 0.29) is 0 Å². The van der Waals surface area contributed by atoms with Crippen molar-refractivity contribution < 1.29 is 0 Å². The summed E-state index contributed by atoms with van der Waals surface area (Å²) in [6.07, 6.45) is 6.38. The summed E-state index contributed by atoms with van der Waals surface area (Å²) in [5.41, 5.74) is 3.43. The lowest BCUT2D eigenvalue weighted by molar-refractivity contribution is 0.613. The van der Waals surface area contributed by atoms with Gasteiger partial charge in [0.1, 0.15) is 5.82 Å². The first-order chi connectivity index (χ1) is 9.42. The first-order valence-corrected chi connectivity index (χ1v) is 6.76. The van der Waals surface area contributed by atoms with Crippen LogP contribution < -0.4 is 5.32 Å². The number of nitrogens with one attached hydrogen (secondary N) is 3. The van der Waals surface area contributed by atoms with E-state index in [0.29, 0.717) is 6.04 Å². The van der Waals surface area contributed by atoms with Crippen LogP contribution in [0.1, 0.15) is 24.7 Å². The third-order valence-corrected chi connectivity index (χ3v) is 3.87. The molecule has 1 aromatic carbocycles. The maximum absolute atomic E-state index is 4.53. The average molecular weight is 252 g/mol. The Morgan fingerprint density at radius 3 is 3.05 bits per heavy atom. The van der Waals surface area contributed by atoms with Crippen molar-refractivity contribution >= 4 is 10.9 Å². The molecule has 19 heavy (non-hydrogen) atoms. The molecule has 0 aliphatic carbocycles. The predicted octanol–water partition coefficient (Wildman–Crippen LogP) is 2.98. The van der Waals surface area contributed by atoms with E-state index in [1.165, 1.54) is 23.8 Å². The largest absolute Gasteiger partial charge is 0.360 e. The van der Waals surface area contributed by atoms with E-state index >= 15 is 0 Å². The quantitative estimate of drug-likeness (QED) is 0.656. The predicted molar refractivity (Wildman–Crippen MR) is 75.9 cm³/mol. The van der Waals surface area contributed by atoms with Crippen molar-refractivity contribution in [3.8, 4) is 11.3 Å². The zero-order valence-corrected chi connectivity index (χ0v) is 10.6. The van der Waals surface area contributed by atoms with Crippen LogP contribution in [0.3, 0.4) is 0 Å². The number of nitrogens with zero attached hydrogens (tertiary/aromatic N) is 1. The summed E-state index contributed by atoms with van der Waals surface area (Å²) in [5.74, 6) is 1.05. The van der Waals surface area contributed by atoms with Crippen molar-refractivity contribution in [1.29, 1.82) is 0 Å². The monoisotopic (exact) mass is 252 g/mol. The van der Waals surface area contributed by atoms with Crippen LogP contribution >= 0.6 is 0 Å². The number of aromatic amines is 2. The summed E-state index contributed by atoms with van der Waals surface area (Å²) in [5, 5.41) is 4.70. The number of fused-ring (bicyclic) bond motifs is 1. The lowest BCUT2D eigenvalue weighted by Gasteiger charge is -2.05. The summed E-state index contributed by atoms with van der Waals surface area (Å²) in [4.78, 5) is 11.3. The molecule has 0 saturated carbocycles. The molecule has 1 aliphatic heterocycles. The Kier molecular flexibility index (Phi) is 2.42. The van der Waals surface area contributed by atoms with Crippen molar-refractivity contribution in [1.82, 2.24) is 20.3 Å². The molecule has 1 aliphatic rings. The van der Waals surface area contributed by atoms with Gasteiger partial charge in [-0.1, -0.05) is 18.2 Å². The molecule has 1 saturated heterocycles. The summed E-state index contributed by atoms with van der Waals surface area (Å²) in [7, 11) is 0. The molecule has 3 N–H and O–H groups in total. The molecule has 0 radical (unpaired) electrons. The number of benzene rings is 1. The highest BCUT2D eigenvalue weighted by atomic mass is 15.0. The van der Waals surface area contributed by atoms with Gasteiger partial charge in [0.2, 0.25) is 0 Å². The number of H-pyrrole nitrogens is 2. The van der Waals surface area contributed by atoms with E-state index in [9.17, 15) is 0 Å². The first kappa shape index (κ1) is 10.8. The van der Waals surface area contributed by atoms with Gasteiger partial charge in [0, 0.05) is 22.7 Å². The van der Waals surface area contributed by atoms with Gasteiger partial charge < -0.3 is 15.3 Å². The van der Waals surface area contributed by atoms with E-state index in [4.69, 9.17) is 0 Å². The van der Waals surface area contributed by atoms with Gasteiger partial charge >= 0.3 is 0 Å². The molecule has 1 fully saturated rings. The number of aromatic nitrogens is 3. The van der Waals surface area contributed by atoms with E-state index in [2.05, 4.69) is 38.5 Å². The van der Waals surface area contributed by atoms with Crippen molar-refractivity contribution in [2.24, 2.45) is 0 Å². The van der Waals surface area contributed by atoms with E-state index in [1.807, 2.05) is 18.5 Å². The second kappa shape index (κ2) is 4.24. The SMILES string of the molecule is c1ccc2c(-c3cnc(C4CCCN4)[nH]3)c[nH]c2c1. The fourth-order valence-electron chi connectivity index (χ4n) is 2.86. The molecule has 3 heterocycles. The van der Waals surface area contributed by atoms with Gasteiger partial charge in [0.15, 0.2) is 0 Å². The maximum atomic E-state index is 4.53. The highest BCUT2D eigenvalue weighted by molar-refractivity contribution is 5.94. The van der Waals surface area contributed by atoms with Crippen LogP contribution in [0.15, 0.2) is 36.7 Å². The minimum atomic E-state index is 0.388. The van der Waals surface area contributed by atoms with Crippen molar-refractivity contribution in [2.75, 3.05) is 6.54 Å². The molecule has 1 atom stereocenters. The molecular weight excluding hydrogens is 236 g/mol. The lowest BCUT2D eigenvalue weighted by atomic mass is 10.1. The second-order valence-electron chi connectivity index (χ2n) is 5.08. The number of hydrogen-bond donors (Lipinski definition) is 3. The van der Waals surface area contributed by atoms with Gasteiger partial charge in [-0.05, 0) is 25.5 Å².